The topological polar surface area (TPSA) is 41.7 Å². The molecule has 0 aromatic carbocycles. The van der Waals surface area contributed by atoms with Crippen molar-refractivity contribution in [3.8, 4) is 0 Å². The maximum Gasteiger partial charge on any atom is 0.0820 e. The van der Waals surface area contributed by atoms with E-state index in [1.807, 2.05) is 0 Å². The molecule has 4 nitrogen and oxygen atoms in total. The zero-order valence-corrected chi connectivity index (χ0v) is 10.3. The number of piperazine rings is 1. The summed E-state index contributed by atoms with van der Waals surface area (Å²) in [5, 5.41) is 0. The Hall–Kier alpha value is -0.160. The zero-order chi connectivity index (χ0) is 11.3. The van der Waals surface area contributed by atoms with Crippen LogP contribution in [0.5, 0.6) is 0 Å². The molecule has 0 aromatic rings. The van der Waals surface area contributed by atoms with E-state index in [9.17, 15) is 0 Å². The van der Waals surface area contributed by atoms with Gasteiger partial charge in [-0.3, -0.25) is 9.80 Å². The van der Waals surface area contributed by atoms with E-state index in [1.54, 1.807) is 7.11 Å². The molecule has 1 unspecified atom stereocenters. The number of methoxy groups -OCH3 is 1. The van der Waals surface area contributed by atoms with Crippen LogP contribution in [0, 0.1) is 0 Å². The molecule has 0 spiro atoms. The van der Waals surface area contributed by atoms with Crippen LogP contribution in [-0.4, -0.2) is 68.3 Å². The van der Waals surface area contributed by atoms with Crippen LogP contribution in [0.3, 0.4) is 0 Å². The van der Waals surface area contributed by atoms with Crippen molar-refractivity contribution in [2.24, 2.45) is 5.73 Å². The first-order chi connectivity index (χ1) is 7.17. The van der Waals surface area contributed by atoms with Gasteiger partial charge in [0.05, 0.1) is 6.10 Å². The molecule has 0 aromatic heterocycles. The van der Waals surface area contributed by atoms with Gasteiger partial charge in [-0.15, -0.1) is 0 Å². The van der Waals surface area contributed by atoms with Crippen LogP contribution in [-0.2, 0) is 4.74 Å². The van der Waals surface area contributed by atoms with E-state index in [-0.39, 0.29) is 6.10 Å². The minimum atomic E-state index is 0.190. The first kappa shape index (κ1) is 12.9. The average molecular weight is 215 g/mol. The molecule has 0 bridgehead atoms. The molecule has 4 heteroatoms. The third-order valence-corrected chi connectivity index (χ3v) is 3.20. The Bertz CT molecular complexity index is 163. The monoisotopic (exact) mass is 215 g/mol. The maximum atomic E-state index is 5.61. The van der Waals surface area contributed by atoms with E-state index in [0.717, 1.165) is 19.6 Å². The third kappa shape index (κ3) is 4.07. The molecule has 0 radical (unpaired) electrons. The van der Waals surface area contributed by atoms with Gasteiger partial charge in [-0.25, -0.2) is 0 Å². The average Bonchev–Trinajstić information content (AvgIpc) is 2.26. The lowest BCUT2D eigenvalue weighted by molar-refractivity contribution is 0.0411. The van der Waals surface area contributed by atoms with Gasteiger partial charge in [-0.1, -0.05) is 0 Å². The molecule has 1 saturated heterocycles. The molecule has 15 heavy (non-hydrogen) atoms. The minimum absolute atomic E-state index is 0.190. The first-order valence-corrected chi connectivity index (χ1v) is 5.86. The summed E-state index contributed by atoms with van der Waals surface area (Å²) in [5.74, 6) is 0. The van der Waals surface area contributed by atoms with Crippen molar-refractivity contribution < 1.29 is 4.74 Å². The molecule has 1 rings (SSSR count). The van der Waals surface area contributed by atoms with E-state index in [2.05, 4.69) is 23.6 Å². The third-order valence-electron chi connectivity index (χ3n) is 3.20. The van der Waals surface area contributed by atoms with Crippen molar-refractivity contribution in [3.05, 3.63) is 0 Å². The Labute approximate surface area is 93.4 Å². The van der Waals surface area contributed by atoms with E-state index >= 15 is 0 Å². The normalized spacial score (nSPS) is 22.2. The maximum absolute atomic E-state index is 5.61. The van der Waals surface area contributed by atoms with Gasteiger partial charge < -0.3 is 10.5 Å². The lowest BCUT2D eigenvalue weighted by Crippen LogP contribution is -2.51. The Kier molecular flexibility index (Phi) is 5.53. The minimum Gasteiger partial charge on any atom is -0.379 e. The number of hydrogen-bond donors (Lipinski definition) is 1. The van der Waals surface area contributed by atoms with Gasteiger partial charge in [0.1, 0.15) is 0 Å². The van der Waals surface area contributed by atoms with Gasteiger partial charge in [0.15, 0.2) is 0 Å². The standard InChI is InChI=1S/C11H25N3O/c1-10(2)14-6-4-13(5-7-14)9-11(8-12)15-3/h10-11H,4-9,12H2,1-3H3. The van der Waals surface area contributed by atoms with Crippen molar-refractivity contribution >= 4 is 0 Å². The summed E-state index contributed by atoms with van der Waals surface area (Å²) in [6.07, 6.45) is 0.190. The van der Waals surface area contributed by atoms with Crippen LogP contribution in [0.1, 0.15) is 13.8 Å². The molecule has 1 aliphatic heterocycles. The van der Waals surface area contributed by atoms with Crippen LogP contribution in [0.4, 0.5) is 0 Å². The van der Waals surface area contributed by atoms with Gasteiger partial charge in [0.25, 0.3) is 0 Å². The van der Waals surface area contributed by atoms with Crippen LogP contribution in [0.2, 0.25) is 0 Å². The Morgan fingerprint density at radius 1 is 1.20 bits per heavy atom. The number of rotatable bonds is 5. The van der Waals surface area contributed by atoms with Crippen molar-refractivity contribution in [2.45, 2.75) is 26.0 Å². The lowest BCUT2D eigenvalue weighted by Gasteiger charge is -2.37. The summed E-state index contributed by atoms with van der Waals surface area (Å²) in [4.78, 5) is 4.96. The van der Waals surface area contributed by atoms with Crippen LogP contribution in [0.15, 0.2) is 0 Å². The van der Waals surface area contributed by atoms with Crippen molar-refractivity contribution in [3.63, 3.8) is 0 Å². The molecule has 0 amide bonds. The predicted octanol–water partition coefficient (Wildman–Crippen LogP) is -0.0139. The summed E-state index contributed by atoms with van der Waals surface area (Å²) in [7, 11) is 1.74. The highest BCUT2D eigenvalue weighted by atomic mass is 16.5. The number of ether oxygens (including phenoxy) is 1. The van der Waals surface area contributed by atoms with E-state index in [4.69, 9.17) is 10.5 Å². The van der Waals surface area contributed by atoms with Gasteiger partial charge in [0.2, 0.25) is 0 Å². The van der Waals surface area contributed by atoms with Crippen LogP contribution >= 0.6 is 0 Å². The second kappa shape index (κ2) is 6.43. The number of nitrogens with zero attached hydrogens (tertiary/aromatic N) is 2. The molecule has 0 aliphatic carbocycles. The summed E-state index contributed by atoms with van der Waals surface area (Å²) >= 11 is 0. The molecular formula is C11H25N3O. The van der Waals surface area contributed by atoms with Gasteiger partial charge in [0, 0.05) is 52.4 Å². The Morgan fingerprint density at radius 3 is 2.20 bits per heavy atom. The molecule has 2 N–H and O–H groups in total. The van der Waals surface area contributed by atoms with E-state index in [0.29, 0.717) is 12.6 Å². The second-order valence-corrected chi connectivity index (χ2v) is 4.52. The van der Waals surface area contributed by atoms with E-state index in [1.165, 1.54) is 13.1 Å². The van der Waals surface area contributed by atoms with Crippen molar-refractivity contribution in [1.82, 2.24) is 9.80 Å². The number of nitrogens with two attached hydrogens (primary N) is 1. The summed E-state index contributed by atoms with van der Waals surface area (Å²) in [6, 6.07) is 0.667. The number of hydrogen-bond acceptors (Lipinski definition) is 4. The van der Waals surface area contributed by atoms with Gasteiger partial charge >= 0.3 is 0 Å². The smallest absolute Gasteiger partial charge is 0.0820 e. The van der Waals surface area contributed by atoms with Crippen molar-refractivity contribution in [2.75, 3.05) is 46.4 Å². The molecule has 1 atom stereocenters. The fraction of sp³-hybridized carbons (Fsp3) is 1.00. The highest BCUT2D eigenvalue weighted by Crippen LogP contribution is 2.06. The molecule has 0 saturated carbocycles. The molecule has 90 valence electrons. The van der Waals surface area contributed by atoms with Crippen LogP contribution in [0.25, 0.3) is 0 Å². The molecule has 1 heterocycles. The summed E-state index contributed by atoms with van der Waals surface area (Å²) in [5.41, 5.74) is 5.61. The fourth-order valence-electron chi connectivity index (χ4n) is 2.00. The van der Waals surface area contributed by atoms with Crippen molar-refractivity contribution in [1.29, 1.82) is 0 Å². The molecular weight excluding hydrogens is 190 g/mol. The molecule has 1 fully saturated rings. The first-order valence-electron chi connectivity index (χ1n) is 5.86. The quantitative estimate of drug-likeness (QED) is 0.700. The second-order valence-electron chi connectivity index (χ2n) is 4.52. The van der Waals surface area contributed by atoms with E-state index < -0.39 is 0 Å². The summed E-state index contributed by atoms with van der Waals surface area (Å²) in [6.45, 7) is 10.7. The predicted molar refractivity (Wildman–Crippen MR) is 63.0 cm³/mol. The Morgan fingerprint density at radius 2 is 1.80 bits per heavy atom. The summed E-state index contributed by atoms with van der Waals surface area (Å²) < 4.78 is 5.30. The van der Waals surface area contributed by atoms with Crippen LogP contribution < -0.4 is 5.73 Å². The zero-order valence-electron chi connectivity index (χ0n) is 10.3. The lowest BCUT2D eigenvalue weighted by atomic mass is 10.2. The molecule has 1 aliphatic rings. The largest absolute Gasteiger partial charge is 0.379 e. The van der Waals surface area contributed by atoms with Gasteiger partial charge in [-0.2, -0.15) is 0 Å². The fourth-order valence-corrected chi connectivity index (χ4v) is 2.00. The SMILES string of the molecule is COC(CN)CN1CCN(C(C)C)CC1. The highest BCUT2D eigenvalue weighted by Gasteiger charge is 2.20. The highest BCUT2D eigenvalue weighted by molar-refractivity contribution is 4.76. The van der Waals surface area contributed by atoms with Gasteiger partial charge in [-0.05, 0) is 13.8 Å². The Balaban J connectivity index is 2.25.